The fourth-order valence-corrected chi connectivity index (χ4v) is 3.55. The molecule has 0 aromatic carbocycles. The molecule has 0 radical (unpaired) electrons. The molecule has 0 aromatic rings. The first-order valence-electron chi connectivity index (χ1n) is 3.89. The number of rotatable bonds is 0. The quantitative estimate of drug-likeness (QED) is 0.560. The zero-order valence-electron chi connectivity index (χ0n) is 6.62. The number of nitrogens with one attached hydrogen (secondary N) is 2. The topological polar surface area (TPSA) is 58.2 Å². The normalized spacial score (nSPS) is 38.3. The Labute approximate surface area is 78.6 Å². The molecular formula is C6H13ClN2O2S. The van der Waals surface area contributed by atoms with Gasteiger partial charge in [0.25, 0.3) is 0 Å². The van der Waals surface area contributed by atoms with Crippen LogP contribution in [0.1, 0.15) is 6.42 Å². The van der Waals surface area contributed by atoms with Crippen LogP contribution in [-0.4, -0.2) is 33.3 Å². The predicted octanol–water partition coefficient (Wildman–Crippen LogP) is -0.681. The monoisotopic (exact) mass is 212 g/mol. The maximum Gasteiger partial charge on any atom is 0.216 e. The van der Waals surface area contributed by atoms with Crippen LogP contribution >= 0.6 is 12.4 Å². The van der Waals surface area contributed by atoms with E-state index in [1.54, 1.807) is 0 Å². The highest BCUT2D eigenvalue weighted by Gasteiger charge is 2.39. The van der Waals surface area contributed by atoms with Crippen LogP contribution in [0.15, 0.2) is 0 Å². The van der Waals surface area contributed by atoms with Crippen molar-refractivity contribution in [2.75, 3.05) is 19.6 Å². The van der Waals surface area contributed by atoms with Crippen molar-refractivity contribution in [1.29, 1.82) is 0 Å². The third kappa shape index (κ3) is 1.59. The van der Waals surface area contributed by atoms with E-state index in [0.717, 1.165) is 13.0 Å². The fourth-order valence-electron chi connectivity index (χ4n) is 1.85. The van der Waals surface area contributed by atoms with Gasteiger partial charge in [-0.05, 0) is 18.9 Å². The Kier molecular flexibility index (Phi) is 2.98. The lowest BCUT2D eigenvalue weighted by Crippen LogP contribution is -2.45. The maximum atomic E-state index is 11.3. The minimum absolute atomic E-state index is 0. The zero-order valence-corrected chi connectivity index (χ0v) is 8.25. The van der Waals surface area contributed by atoms with Crippen molar-refractivity contribution in [3.63, 3.8) is 0 Å². The lowest BCUT2D eigenvalue weighted by molar-refractivity contribution is 0.468. The van der Waals surface area contributed by atoms with Gasteiger partial charge in [0.1, 0.15) is 0 Å². The summed E-state index contributed by atoms with van der Waals surface area (Å²) < 4.78 is 25.2. The molecule has 2 rings (SSSR count). The van der Waals surface area contributed by atoms with Crippen molar-refractivity contribution in [1.82, 2.24) is 10.0 Å². The lowest BCUT2D eigenvalue weighted by atomic mass is 10.0. The van der Waals surface area contributed by atoms with Crippen LogP contribution in [0, 0.1) is 5.92 Å². The van der Waals surface area contributed by atoms with Crippen LogP contribution in [0.2, 0.25) is 0 Å². The number of sulfonamides is 1. The highest BCUT2D eigenvalue weighted by molar-refractivity contribution is 7.90. The Bertz CT molecular complexity index is 254. The van der Waals surface area contributed by atoms with Crippen molar-refractivity contribution in [2.24, 2.45) is 5.92 Å². The molecule has 2 N–H and O–H groups in total. The summed E-state index contributed by atoms with van der Waals surface area (Å²) in [5, 5.41) is 2.93. The van der Waals surface area contributed by atoms with Crippen molar-refractivity contribution in [2.45, 2.75) is 11.7 Å². The van der Waals surface area contributed by atoms with E-state index in [1.165, 1.54) is 0 Å². The summed E-state index contributed by atoms with van der Waals surface area (Å²) in [5.41, 5.74) is 0. The predicted molar refractivity (Wildman–Crippen MR) is 48.9 cm³/mol. The molecule has 2 fully saturated rings. The number of halogens is 1. The van der Waals surface area contributed by atoms with Gasteiger partial charge in [-0.25, -0.2) is 13.1 Å². The maximum absolute atomic E-state index is 11.3. The van der Waals surface area contributed by atoms with Crippen LogP contribution in [-0.2, 0) is 10.0 Å². The molecule has 0 aromatic heterocycles. The molecule has 6 heteroatoms. The smallest absolute Gasteiger partial charge is 0.216 e. The molecule has 2 atom stereocenters. The summed E-state index contributed by atoms with van der Waals surface area (Å²) in [7, 11) is -2.97. The Morgan fingerprint density at radius 3 is 2.67 bits per heavy atom. The van der Waals surface area contributed by atoms with Gasteiger partial charge >= 0.3 is 0 Å². The van der Waals surface area contributed by atoms with Gasteiger partial charge in [0.15, 0.2) is 0 Å². The molecule has 2 saturated heterocycles. The summed E-state index contributed by atoms with van der Waals surface area (Å²) >= 11 is 0. The van der Waals surface area contributed by atoms with Crippen LogP contribution < -0.4 is 10.0 Å². The number of hydrogen-bond donors (Lipinski definition) is 2. The van der Waals surface area contributed by atoms with Crippen LogP contribution in [0.5, 0.6) is 0 Å². The fraction of sp³-hybridized carbons (Fsp3) is 1.00. The second kappa shape index (κ2) is 3.49. The van der Waals surface area contributed by atoms with Crippen molar-refractivity contribution in [3.05, 3.63) is 0 Å². The Morgan fingerprint density at radius 1 is 1.25 bits per heavy atom. The number of hydrogen-bond acceptors (Lipinski definition) is 3. The van der Waals surface area contributed by atoms with Crippen molar-refractivity contribution in [3.8, 4) is 0 Å². The minimum atomic E-state index is -2.97. The molecule has 2 aliphatic heterocycles. The van der Waals surface area contributed by atoms with E-state index in [9.17, 15) is 8.42 Å². The summed E-state index contributed by atoms with van der Waals surface area (Å²) in [6.07, 6.45) is 0.983. The molecule has 0 bridgehead atoms. The Hall–Kier alpha value is 0.160. The molecule has 72 valence electrons. The highest BCUT2D eigenvalue weighted by Crippen LogP contribution is 2.22. The standard InChI is InChI=1S/C6H12N2O2S.ClH/c9-11(10)6-4-7-3-5(6)1-2-8-11;/h5-8H,1-4H2;1H. The molecule has 12 heavy (non-hydrogen) atoms. The summed E-state index contributed by atoms with van der Waals surface area (Å²) in [5.74, 6) is 0.348. The lowest BCUT2D eigenvalue weighted by Gasteiger charge is -2.24. The first-order valence-corrected chi connectivity index (χ1v) is 5.44. The SMILES string of the molecule is Cl.O=S1(=O)NCCC2CNCC21. The van der Waals surface area contributed by atoms with E-state index in [0.29, 0.717) is 19.0 Å². The van der Waals surface area contributed by atoms with Crippen LogP contribution in [0.3, 0.4) is 0 Å². The van der Waals surface area contributed by atoms with Gasteiger partial charge in [0.05, 0.1) is 5.25 Å². The summed E-state index contributed by atoms with van der Waals surface area (Å²) in [4.78, 5) is 0. The molecule has 4 nitrogen and oxygen atoms in total. The zero-order chi connectivity index (χ0) is 7.90. The van der Waals surface area contributed by atoms with Gasteiger partial charge in [-0.15, -0.1) is 12.4 Å². The van der Waals surface area contributed by atoms with E-state index < -0.39 is 10.0 Å². The third-order valence-electron chi connectivity index (χ3n) is 2.49. The molecule has 0 amide bonds. The van der Waals surface area contributed by atoms with Gasteiger partial charge in [0.2, 0.25) is 10.0 Å². The molecule has 0 aliphatic carbocycles. The minimum Gasteiger partial charge on any atom is -0.315 e. The molecular weight excluding hydrogens is 200 g/mol. The summed E-state index contributed by atoms with van der Waals surface area (Å²) in [6, 6.07) is 0. The van der Waals surface area contributed by atoms with Gasteiger partial charge in [-0.3, -0.25) is 0 Å². The average Bonchev–Trinajstić information content (AvgIpc) is 2.34. The van der Waals surface area contributed by atoms with E-state index in [2.05, 4.69) is 10.0 Å². The third-order valence-corrected chi connectivity index (χ3v) is 4.45. The summed E-state index contributed by atoms with van der Waals surface area (Å²) in [6.45, 7) is 2.11. The highest BCUT2D eigenvalue weighted by atomic mass is 35.5. The van der Waals surface area contributed by atoms with Crippen molar-refractivity contribution >= 4 is 22.4 Å². The van der Waals surface area contributed by atoms with Gasteiger partial charge in [-0.2, -0.15) is 0 Å². The molecule has 0 saturated carbocycles. The molecule has 2 heterocycles. The average molecular weight is 213 g/mol. The Morgan fingerprint density at radius 2 is 2.00 bits per heavy atom. The van der Waals surface area contributed by atoms with E-state index in [4.69, 9.17) is 0 Å². The van der Waals surface area contributed by atoms with Gasteiger partial charge in [0, 0.05) is 13.1 Å². The van der Waals surface area contributed by atoms with Crippen LogP contribution in [0.4, 0.5) is 0 Å². The first-order chi connectivity index (χ1) is 5.20. The van der Waals surface area contributed by atoms with E-state index in [-0.39, 0.29) is 17.7 Å². The molecule has 2 aliphatic rings. The number of fused-ring (bicyclic) bond motifs is 1. The molecule has 0 spiro atoms. The van der Waals surface area contributed by atoms with Crippen LogP contribution in [0.25, 0.3) is 0 Å². The van der Waals surface area contributed by atoms with Crippen molar-refractivity contribution < 1.29 is 8.42 Å². The largest absolute Gasteiger partial charge is 0.315 e. The second-order valence-electron chi connectivity index (χ2n) is 3.18. The van der Waals surface area contributed by atoms with Gasteiger partial charge in [-0.1, -0.05) is 0 Å². The molecule has 2 unspecified atom stereocenters. The van der Waals surface area contributed by atoms with E-state index in [1.807, 2.05) is 0 Å². The van der Waals surface area contributed by atoms with E-state index >= 15 is 0 Å². The second-order valence-corrected chi connectivity index (χ2v) is 5.17. The van der Waals surface area contributed by atoms with Gasteiger partial charge < -0.3 is 5.32 Å². The first kappa shape index (κ1) is 10.2. The Balaban J connectivity index is 0.000000720.